The van der Waals surface area contributed by atoms with Gasteiger partial charge in [0, 0.05) is 6.54 Å². The normalized spacial score (nSPS) is 13.9. The van der Waals surface area contributed by atoms with Crippen molar-refractivity contribution in [3.8, 4) is 0 Å². The Bertz CT molecular complexity index is 1200. The molecule has 3 aromatic rings. The predicted octanol–water partition coefficient (Wildman–Crippen LogP) is 3.40. The Morgan fingerprint density at radius 2 is 1.90 bits per heavy atom. The van der Waals surface area contributed by atoms with Gasteiger partial charge >= 0.3 is 0 Å². The number of para-hydroxylation sites is 1. The Morgan fingerprint density at radius 1 is 1.10 bits per heavy atom. The topological polar surface area (TPSA) is 83.1 Å². The van der Waals surface area contributed by atoms with Crippen LogP contribution in [0.5, 0.6) is 0 Å². The van der Waals surface area contributed by atoms with Crippen LogP contribution in [0.3, 0.4) is 0 Å². The molecule has 0 saturated heterocycles. The van der Waals surface area contributed by atoms with Gasteiger partial charge in [-0.1, -0.05) is 31.5 Å². The van der Waals surface area contributed by atoms with Crippen LogP contribution in [0.15, 0.2) is 52.2 Å². The first-order valence-electron chi connectivity index (χ1n) is 10.1. The highest BCUT2D eigenvalue weighted by Crippen LogP contribution is 2.27. The van der Waals surface area contributed by atoms with E-state index in [1.807, 2.05) is 25.1 Å². The fourth-order valence-corrected chi connectivity index (χ4v) is 5.34. The standard InChI is InChI=1S/C22H25N3O3S/c1-2-3-13-25(15-21-23-20-10-5-4-9-19(20)22(26)24-21)29(27,28)18-12-11-16-7-6-8-17(16)14-18/h4-5,9-12,14H,2-3,6-8,13,15H2,1H3,(H,23,24,26). The SMILES string of the molecule is CCCCN(Cc1nc2ccccc2c(=O)[nH]1)S(=O)(=O)c1ccc2c(c1)CCC2. The Morgan fingerprint density at radius 3 is 2.72 bits per heavy atom. The zero-order valence-electron chi connectivity index (χ0n) is 16.5. The number of nitrogens with zero attached hydrogens (tertiary/aromatic N) is 2. The number of aromatic amines is 1. The van der Waals surface area contributed by atoms with E-state index < -0.39 is 10.0 Å². The van der Waals surface area contributed by atoms with E-state index in [1.54, 1.807) is 24.3 Å². The van der Waals surface area contributed by atoms with Gasteiger partial charge in [-0.2, -0.15) is 4.31 Å². The minimum Gasteiger partial charge on any atom is -0.309 e. The van der Waals surface area contributed by atoms with Crippen LogP contribution in [0.1, 0.15) is 43.1 Å². The second-order valence-electron chi connectivity index (χ2n) is 7.51. The van der Waals surface area contributed by atoms with Crippen molar-refractivity contribution in [3.05, 3.63) is 69.8 Å². The molecule has 0 atom stereocenters. The number of hydrogen-bond donors (Lipinski definition) is 1. The van der Waals surface area contributed by atoms with E-state index in [1.165, 1.54) is 9.87 Å². The van der Waals surface area contributed by atoms with Gasteiger partial charge in [-0.25, -0.2) is 13.4 Å². The van der Waals surface area contributed by atoms with Gasteiger partial charge in [0.1, 0.15) is 5.82 Å². The van der Waals surface area contributed by atoms with Gasteiger partial charge in [0.05, 0.1) is 22.3 Å². The number of rotatable bonds is 7. The van der Waals surface area contributed by atoms with E-state index in [0.29, 0.717) is 28.2 Å². The largest absolute Gasteiger partial charge is 0.309 e. The van der Waals surface area contributed by atoms with Gasteiger partial charge in [0.25, 0.3) is 5.56 Å². The highest BCUT2D eigenvalue weighted by atomic mass is 32.2. The average Bonchev–Trinajstić information content (AvgIpc) is 3.19. The molecule has 0 saturated carbocycles. The summed E-state index contributed by atoms with van der Waals surface area (Å²) in [5.74, 6) is 0.356. The molecule has 0 bridgehead atoms. The molecule has 1 aliphatic carbocycles. The summed E-state index contributed by atoms with van der Waals surface area (Å²) in [4.78, 5) is 19.9. The van der Waals surface area contributed by atoms with Crippen molar-refractivity contribution in [2.45, 2.75) is 50.5 Å². The van der Waals surface area contributed by atoms with E-state index in [4.69, 9.17) is 0 Å². The molecule has 0 amide bonds. The van der Waals surface area contributed by atoms with Crippen molar-refractivity contribution >= 4 is 20.9 Å². The minimum absolute atomic E-state index is 0.0412. The maximum atomic E-state index is 13.4. The van der Waals surface area contributed by atoms with E-state index in [0.717, 1.165) is 37.7 Å². The van der Waals surface area contributed by atoms with Crippen LogP contribution in [0, 0.1) is 0 Å². The maximum Gasteiger partial charge on any atom is 0.258 e. The van der Waals surface area contributed by atoms with Gasteiger partial charge in [-0.05, 0) is 61.1 Å². The zero-order chi connectivity index (χ0) is 20.4. The lowest BCUT2D eigenvalue weighted by atomic mass is 10.1. The Hall–Kier alpha value is -2.51. The molecule has 0 radical (unpaired) electrons. The number of aromatic nitrogens is 2. The third-order valence-electron chi connectivity index (χ3n) is 5.46. The van der Waals surface area contributed by atoms with Crippen molar-refractivity contribution in [2.24, 2.45) is 0 Å². The van der Waals surface area contributed by atoms with Crippen molar-refractivity contribution in [1.82, 2.24) is 14.3 Å². The van der Waals surface area contributed by atoms with E-state index in [9.17, 15) is 13.2 Å². The second kappa shape index (κ2) is 8.08. The zero-order valence-corrected chi connectivity index (χ0v) is 17.3. The number of benzene rings is 2. The fourth-order valence-electron chi connectivity index (χ4n) is 3.85. The molecule has 1 N–H and O–H groups in total. The number of nitrogens with one attached hydrogen (secondary N) is 1. The van der Waals surface area contributed by atoms with Crippen LogP contribution < -0.4 is 5.56 Å². The molecule has 152 valence electrons. The molecule has 0 aliphatic heterocycles. The Balaban J connectivity index is 1.70. The summed E-state index contributed by atoms with van der Waals surface area (Å²) in [7, 11) is -3.69. The molecule has 29 heavy (non-hydrogen) atoms. The molecule has 4 rings (SSSR count). The smallest absolute Gasteiger partial charge is 0.258 e. The molecule has 1 heterocycles. The van der Waals surface area contributed by atoms with Crippen LogP contribution in [-0.4, -0.2) is 29.2 Å². The van der Waals surface area contributed by atoms with E-state index in [-0.39, 0.29) is 12.1 Å². The van der Waals surface area contributed by atoms with Gasteiger partial charge < -0.3 is 4.98 Å². The first kappa shape index (κ1) is 19.8. The van der Waals surface area contributed by atoms with Crippen molar-refractivity contribution in [2.75, 3.05) is 6.54 Å². The summed E-state index contributed by atoms with van der Waals surface area (Å²) in [5, 5.41) is 0.498. The van der Waals surface area contributed by atoms with Gasteiger partial charge in [-0.3, -0.25) is 4.79 Å². The molecular formula is C22H25N3O3S. The van der Waals surface area contributed by atoms with Crippen molar-refractivity contribution < 1.29 is 8.42 Å². The Labute approximate surface area is 170 Å². The maximum absolute atomic E-state index is 13.4. The lowest BCUT2D eigenvalue weighted by Gasteiger charge is -2.22. The van der Waals surface area contributed by atoms with Crippen molar-refractivity contribution in [1.29, 1.82) is 0 Å². The molecule has 0 spiro atoms. The predicted molar refractivity (Wildman–Crippen MR) is 113 cm³/mol. The number of sulfonamides is 1. The summed E-state index contributed by atoms with van der Waals surface area (Å²) >= 11 is 0. The Kier molecular flexibility index (Phi) is 5.52. The van der Waals surface area contributed by atoms with Gasteiger partial charge in [0.15, 0.2) is 0 Å². The molecule has 6 nitrogen and oxygen atoms in total. The minimum atomic E-state index is -3.69. The molecule has 1 aromatic heterocycles. The number of unbranched alkanes of at least 4 members (excludes halogenated alkanes) is 1. The third-order valence-corrected chi connectivity index (χ3v) is 7.30. The van der Waals surface area contributed by atoms with E-state index >= 15 is 0 Å². The molecule has 1 aliphatic rings. The summed E-state index contributed by atoms with van der Waals surface area (Å²) in [6.07, 6.45) is 4.62. The summed E-state index contributed by atoms with van der Waals surface area (Å²) in [5.41, 5.74) is 2.68. The van der Waals surface area contributed by atoms with E-state index in [2.05, 4.69) is 9.97 Å². The number of H-pyrrole nitrogens is 1. The lowest BCUT2D eigenvalue weighted by Crippen LogP contribution is -2.33. The average molecular weight is 412 g/mol. The quantitative estimate of drug-likeness (QED) is 0.646. The lowest BCUT2D eigenvalue weighted by molar-refractivity contribution is 0.389. The number of fused-ring (bicyclic) bond motifs is 2. The molecule has 0 fully saturated rings. The van der Waals surface area contributed by atoms with Crippen LogP contribution in [-0.2, 0) is 29.4 Å². The first-order valence-corrected chi connectivity index (χ1v) is 11.5. The second-order valence-corrected chi connectivity index (χ2v) is 9.44. The van der Waals surface area contributed by atoms with Gasteiger partial charge in [-0.15, -0.1) is 0 Å². The molecular weight excluding hydrogens is 386 g/mol. The van der Waals surface area contributed by atoms with Crippen LogP contribution >= 0.6 is 0 Å². The molecule has 0 unspecified atom stereocenters. The number of aryl methyl sites for hydroxylation is 2. The first-order chi connectivity index (χ1) is 14.0. The molecule has 7 heteroatoms. The monoisotopic (exact) mass is 411 g/mol. The summed E-state index contributed by atoms with van der Waals surface area (Å²) < 4.78 is 28.2. The third kappa shape index (κ3) is 3.97. The fraction of sp³-hybridized carbons (Fsp3) is 0.364. The van der Waals surface area contributed by atoms with Crippen LogP contribution in [0.2, 0.25) is 0 Å². The molecule has 2 aromatic carbocycles. The van der Waals surface area contributed by atoms with Crippen LogP contribution in [0.4, 0.5) is 0 Å². The van der Waals surface area contributed by atoms with Crippen molar-refractivity contribution in [3.63, 3.8) is 0 Å². The summed E-state index contributed by atoms with van der Waals surface area (Å²) in [6, 6.07) is 12.5. The number of hydrogen-bond acceptors (Lipinski definition) is 4. The van der Waals surface area contributed by atoms with Crippen LogP contribution in [0.25, 0.3) is 10.9 Å². The highest BCUT2D eigenvalue weighted by Gasteiger charge is 2.26. The highest BCUT2D eigenvalue weighted by molar-refractivity contribution is 7.89. The van der Waals surface area contributed by atoms with Gasteiger partial charge in [0.2, 0.25) is 10.0 Å². The summed E-state index contributed by atoms with van der Waals surface area (Å²) in [6.45, 7) is 2.45.